The molecule has 0 heterocycles. The maximum atomic E-state index is 11.5. The third-order valence-electron chi connectivity index (χ3n) is 2.74. The Morgan fingerprint density at radius 2 is 1.86 bits per heavy atom. The summed E-state index contributed by atoms with van der Waals surface area (Å²) in [6, 6.07) is 0. The summed E-state index contributed by atoms with van der Waals surface area (Å²) in [5.41, 5.74) is -1.10. The predicted molar refractivity (Wildman–Crippen MR) is 55.8 cm³/mol. The zero-order chi connectivity index (χ0) is 11.0. The highest BCUT2D eigenvalue weighted by atomic mass is 16.3. The summed E-state index contributed by atoms with van der Waals surface area (Å²) in [5, 5.41) is 12.7. The minimum absolute atomic E-state index is 0.00146. The van der Waals surface area contributed by atoms with E-state index in [-0.39, 0.29) is 11.3 Å². The van der Waals surface area contributed by atoms with Crippen LogP contribution in [0.25, 0.3) is 0 Å². The lowest BCUT2D eigenvalue weighted by atomic mass is 9.94. The van der Waals surface area contributed by atoms with Crippen LogP contribution in [0.15, 0.2) is 0 Å². The van der Waals surface area contributed by atoms with E-state index in [0.717, 1.165) is 12.8 Å². The Morgan fingerprint density at radius 1 is 1.36 bits per heavy atom. The molecule has 1 atom stereocenters. The molecule has 0 spiro atoms. The summed E-state index contributed by atoms with van der Waals surface area (Å²) in [7, 11) is 0. The van der Waals surface area contributed by atoms with Crippen LogP contribution in [0.1, 0.15) is 40.5 Å². The first-order chi connectivity index (χ1) is 6.23. The topological polar surface area (TPSA) is 49.3 Å². The maximum absolute atomic E-state index is 11.5. The second kappa shape index (κ2) is 3.54. The molecule has 0 radical (unpaired) electrons. The van der Waals surface area contributed by atoms with Crippen LogP contribution in [-0.4, -0.2) is 23.2 Å². The number of hydrogen-bond acceptors (Lipinski definition) is 2. The minimum atomic E-state index is -0.721. The number of hydrogen-bond donors (Lipinski definition) is 2. The van der Waals surface area contributed by atoms with Crippen LogP contribution < -0.4 is 5.32 Å². The van der Waals surface area contributed by atoms with E-state index in [9.17, 15) is 9.90 Å². The Bertz CT molecular complexity index is 224. The molecule has 1 aliphatic rings. The minimum Gasteiger partial charge on any atom is -0.388 e. The van der Waals surface area contributed by atoms with Gasteiger partial charge in [0.2, 0.25) is 5.91 Å². The number of nitrogens with one attached hydrogen (secondary N) is 1. The first-order valence-corrected chi connectivity index (χ1v) is 5.24. The standard InChI is InChI=1S/C11H21NO2/c1-10(2,3)9(13)12-7-11(4,14)8-5-6-8/h8,14H,5-7H2,1-4H3,(H,12,13)/t11-/m0/s1. The van der Waals surface area contributed by atoms with Gasteiger partial charge in [-0.05, 0) is 25.7 Å². The third-order valence-corrected chi connectivity index (χ3v) is 2.74. The van der Waals surface area contributed by atoms with Gasteiger partial charge >= 0.3 is 0 Å². The van der Waals surface area contributed by atoms with Gasteiger partial charge < -0.3 is 10.4 Å². The van der Waals surface area contributed by atoms with E-state index >= 15 is 0 Å². The Balaban J connectivity index is 2.36. The van der Waals surface area contributed by atoms with Crippen molar-refractivity contribution in [2.24, 2.45) is 11.3 Å². The summed E-state index contributed by atoms with van der Waals surface area (Å²) in [6.07, 6.45) is 2.16. The Hall–Kier alpha value is -0.570. The molecular formula is C11H21NO2. The van der Waals surface area contributed by atoms with Gasteiger partial charge in [-0.25, -0.2) is 0 Å². The van der Waals surface area contributed by atoms with Gasteiger partial charge in [0.25, 0.3) is 0 Å². The molecule has 0 aromatic heterocycles. The molecule has 0 bridgehead atoms. The molecular weight excluding hydrogens is 178 g/mol. The summed E-state index contributed by atoms with van der Waals surface area (Å²) >= 11 is 0. The largest absolute Gasteiger partial charge is 0.388 e. The molecule has 1 saturated carbocycles. The molecule has 2 N–H and O–H groups in total. The molecule has 1 fully saturated rings. The summed E-state index contributed by atoms with van der Waals surface area (Å²) < 4.78 is 0. The average Bonchev–Trinajstić information content (AvgIpc) is 2.80. The van der Waals surface area contributed by atoms with Crippen LogP contribution in [0.2, 0.25) is 0 Å². The van der Waals surface area contributed by atoms with Crippen LogP contribution in [0.4, 0.5) is 0 Å². The number of rotatable bonds is 3. The van der Waals surface area contributed by atoms with E-state index < -0.39 is 5.60 Å². The van der Waals surface area contributed by atoms with Crippen molar-refractivity contribution in [3.63, 3.8) is 0 Å². The lowest BCUT2D eigenvalue weighted by molar-refractivity contribution is -0.129. The fourth-order valence-corrected chi connectivity index (χ4v) is 1.37. The number of carbonyl (C=O) groups excluding carboxylic acids is 1. The highest BCUT2D eigenvalue weighted by Crippen LogP contribution is 2.39. The van der Waals surface area contributed by atoms with E-state index in [2.05, 4.69) is 5.32 Å². The van der Waals surface area contributed by atoms with E-state index in [4.69, 9.17) is 0 Å². The molecule has 1 amide bonds. The molecule has 1 aliphatic carbocycles. The molecule has 1 rings (SSSR count). The molecule has 3 heteroatoms. The highest BCUT2D eigenvalue weighted by molar-refractivity contribution is 5.81. The molecule has 0 aromatic rings. The number of aliphatic hydroxyl groups is 1. The third kappa shape index (κ3) is 2.98. The first-order valence-electron chi connectivity index (χ1n) is 5.24. The van der Waals surface area contributed by atoms with Crippen molar-refractivity contribution in [2.75, 3.05) is 6.54 Å². The average molecular weight is 199 g/mol. The van der Waals surface area contributed by atoms with Gasteiger partial charge in [0.05, 0.1) is 5.60 Å². The second-order valence-electron chi connectivity index (χ2n) is 5.56. The Labute approximate surface area is 85.9 Å². The molecule has 82 valence electrons. The Kier molecular flexibility index (Phi) is 2.91. The maximum Gasteiger partial charge on any atom is 0.225 e. The van der Waals surface area contributed by atoms with Crippen LogP contribution in [0, 0.1) is 11.3 Å². The summed E-state index contributed by atoms with van der Waals surface area (Å²) in [5.74, 6) is 0.376. The lowest BCUT2D eigenvalue weighted by Crippen LogP contribution is -2.45. The second-order valence-corrected chi connectivity index (χ2v) is 5.56. The smallest absolute Gasteiger partial charge is 0.225 e. The molecule has 0 aliphatic heterocycles. The normalized spacial score (nSPS) is 21.5. The fourth-order valence-electron chi connectivity index (χ4n) is 1.37. The van der Waals surface area contributed by atoms with Crippen molar-refractivity contribution in [1.29, 1.82) is 0 Å². The van der Waals surface area contributed by atoms with Crippen molar-refractivity contribution in [1.82, 2.24) is 5.32 Å². The first kappa shape index (κ1) is 11.5. The Morgan fingerprint density at radius 3 is 2.21 bits per heavy atom. The van der Waals surface area contributed by atoms with Gasteiger partial charge in [0.1, 0.15) is 0 Å². The van der Waals surface area contributed by atoms with Gasteiger partial charge in [0, 0.05) is 12.0 Å². The molecule has 14 heavy (non-hydrogen) atoms. The van der Waals surface area contributed by atoms with Crippen LogP contribution in [0.3, 0.4) is 0 Å². The van der Waals surface area contributed by atoms with Gasteiger partial charge in [0.15, 0.2) is 0 Å². The van der Waals surface area contributed by atoms with Gasteiger partial charge in [-0.2, -0.15) is 0 Å². The fraction of sp³-hybridized carbons (Fsp3) is 0.909. The van der Waals surface area contributed by atoms with Crippen molar-refractivity contribution in [3.8, 4) is 0 Å². The van der Waals surface area contributed by atoms with Crippen molar-refractivity contribution in [2.45, 2.75) is 46.1 Å². The van der Waals surface area contributed by atoms with Crippen LogP contribution >= 0.6 is 0 Å². The molecule has 0 saturated heterocycles. The monoisotopic (exact) mass is 199 g/mol. The van der Waals surface area contributed by atoms with Crippen molar-refractivity contribution in [3.05, 3.63) is 0 Å². The molecule has 0 unspecified atom stereocenters. The number of carbonyl (C=O) groups is 1. The SMILES string of the molecule is CC(C)(C)C(=O)NC[C@](C)(O)C1CC1. The quantitative estimate of drug-likeness (QED) is 0.720. The molecule has 3 nitrogen and oxygen atoms in total. The van der Waals surface area contributed by atoms with E-state index in [1.807, 2.05) is 20.8 Å². The summed E-state index contributed by atoms with van der Waals surface area (Å²) in [6.45, 7) is 7.78. The van der Waals surface area contributed by atoms with Gasteiger partial charge in [-0.3, -0.25) is 4.79 Å². The van der Waals surface area contributed by atoms with E-state index in [1.54, 1.807) is 6.92 Å². The van der Waals surface area contributed by atoms with E-state index in [1.165, 1.54) is 0 Å². The van der Waals surface area contributed by atoms with Crippen LogP contribution in [0.5, 0.6) is 0 Å². The van der Waals surface area contributed by atoms with Crippen molar-refractivity contribution < 1.29 is 9.90 Å². The van der Waals surface area contributed by atoms with Crippen LogP contribution in [-0.2, 0) is 4.79 Å². The lowest BCUT2D eigenvalue weighted by Gasteiger charge is -2.26. The number of amides is 1. The van der Waals surface area contributed by atoms with E-state index in [0.29, 0.717) is 12.5 Å². The van der Waals surface area contributed by atoms with Gasteiger partial charge in [-0.15, -0.1) is 0 Å². The highest BCUT2D eigenvalue weighted by Gasteiger charge is 2.40. The van der Waals surface area contributed by atoms with Gasteiger partial charge in [-0.1, -0.05) is 20.8 Å². The van der Waals surface area contributed by atoms with Crippen molar-refractivity contribution >= 4 is 5.91 Å². The zero-order valence-electron chi connectivity index (χ0n) is 9.55. The predicted octanol–water partition coefficient (Wildman–Crippen LogP) is 1.31. The summed E-state index contributed by atoms with van der Waals surface area (Å²) in [4.78, 5) is 11.5. The molecule has 0 aromatic carbocycles. The zero-order valence-corrected chi connectivity index (χ0v) is 9.55.